The van der Waals surface area contributed by atoms with Crippen LogP contribution in [0.1, 0.15) is 20.3 Å². The van der Waals surface area contributed by atoms with E-state index in [1.54, 1.807) is 12.4 Å². The van der Waals surface area contributed by atoms with Gasteiger partial charge >= 0.3 is 0 Å². The lowest BCUT2D eigenvalue weighted by atomic mass is 10.2. The molecule has 0 atom stereocenters. The lowest BCUT2D eigenvalue weighted by Crippen LogP contribution is -2.07. The highest BCUT2D eigenvalue weighted by molar-refractivity contribution is 7.71. The van der Waals surface area contributed by atoms with Crippen LogP contribution in [0.3, 0.4) is 0 Å². The Bertz CT molecular complexity index is 576. The molecule has 2 rings (SSSR count). The first-order valence-corrected chi connectivity index (χ1v) is 7.22. The average Bonchev–Trinajstić information content (AvgIpc) is 2.80. The van der Waals surface area contributed by atoms with Gasteiger partial charge in [0.2, 0.25) is 0 Å². The van der Waals surface area contributed by atoms with Crippen molar-refractivity contribution in [3.63, 3.8) is 0 Å². The molecule has 0 aliphatic carbocycles. The van der Waals surface area contributed by atoms with Crippen LogP contribution in [0, 0.1) is 10.7 Å². The highest BCUT2D eigenvalue weighted by Crippen LogP contribution is 2.16. The number of rotatable bonds is 7. The predicted molar refractivity (Wildman–Crippen MR) is 80.9 cm³/mol. The maximum absolute atomic E-state index is 5.59. The lowest BCUT2D eigenvalue weighted by molar-refractivity contribution is 0.105. The SMILES string of the molecule is CC(C)COCCCn1c(-c2ccncc2)n[nH]c1=S. The molecule has 20 heavy (non-hydrogen) atoms. The van der Waals surface area contributed by atoms with Gasteiger partial charge in [-0.1, -0.05) is 13.8 Å². The normalized spacial score (nSPS) is 11.2. The van der Waals surface area contributed by atoms with E-state index in [2.05, 4.69) is 29.0 Å². The fourth-order valence-corrected chi connectivity index (χ4v) is 2.11. The number of ether oxygens (including phenoxy) is 1. The summed E-state index contributed by atoms with van der Waals surface area (Å²) in [5.41, 5.74) is 1.01. The van der Waals surface area contributed by atoms with Crippen LogP contribution >= 0.6 is 12.2 Å². The molecule has 2 aromatic heterocycles. The molecule has 0 bridgehead atoms. The molecule has 2 aromatic rings. The van der Waals surface area contributed by atoms with E-state index in [9.17, 15) is 0 Å². The number of hydrogen-bond donors (Lipinski definition) is 1. The summed E-state index contributed by atoms with van der Waals surface area (Å²) in [4.78, 5) is 4.02. The minimum Gasteiger partial charge on any atom is -0.381 e. The Morgan fingerprint density at radius 2 is 2.10 bits per heavy atom. The quantitative estimate of drug-likeness (QED) is 0.629. The second-order valence-corrected chi connectivity index (χ2v) is 5.45. The predicted octanol–water partition coefficient (Wildman–Crippen LogP) is 3.07. The van der Waals surface area contributed by atoms with E-state index < -0.39 is 0 Å². The average molecular weight is 292 g/mol. The van der Waals surface area contributed by atoms with Gasteiger partial charge < -0.3 is 9.30 Å². The van der Waals surface area contributed by atoms with Gasteiger partial charge in [0, 0.05) is 37.7 Å². The van der Waals surface area contributed by atoms with Crippen LogP contribution in [-0.4, -0.2) is 33.0 Å². The Labute approximate surface area is 124 Å². The molecule has 0 amide bonds. The van der Waals surface area contributed by atoms with Crippen LogP contribution in [0.15, 0.2) is 24.5 Å². The van der Waals surface area contributed by atoms with Gasteiger partial charge in [-0.3, -0.25) is 10.1 Å². The fraction of sp³-hybridized carbons (Fsp3) is 0.500. The Morgan fingerprint density at radius 3 is 2.80 bits per heavy atom. The van der Waals surface area contributed by atoms with Crippen molar-refractivity contribution in [1.29, 1.82) is 0 Å². The third-order valence-electron chi connectivity index (χ3n) is 2.82. The molecule has 0 unspecified atom stereocenters. The summed E-state index contributed by atoms with van der Waals surface area (Å²) in [5.74, 6) is 1.42. The molecule has 1 N–H and O–H groups in total. The highest BCUT2D eigenvalue weighted by Gasteiger charge is 2.08. The zero-order chi connectivity index (χ0) is 14.4. The first kappa shape index (κ1) is 14.9. The topological polar surface area (TPSA) is 55.7 Å². The maximum Gasteiger partial charge on any atom is 0.195 e. The Hall–Kier alpha value is -1.53. The summed E-state index contributed by atoms with van der Waals surface area (Å²) >= 11 is 5.28. The van der Waals surface area contributed by atoms with Crippen molar-refractivity contribution in [3.8, 4) is 11.4 Å². The van der Waals surface area contributed by atoms with Crippen molar-refractivity contribution < 1.29 is 4.74 Å². The number of aromatic nitrogens is 4. The van der Waals surface area contributed by atoms with Crippen molar-refractivity contribution in [2.24, 2.45) is 5.92 Å². The monoisotopic (exact) mass is 292 g/mol. The Kier molecular flexibility index (Phi) is 5.43. The summed E-state index contributed by atoms with van der Waals surface area (Å²) in [6.45, 7) is 6.63. The van der Waals surface area contributed by atoms with Gasteiger partial charge in [-0.2, -0.15) is 5.10 Å². The molecular weight excluding hydrogens is 272 g/mol. The minimum atomic E-state index is 0.568. The number of nitrogens with zero attached hydrogens (tertiary/aromatic N) is 3. The molecule has 0 fully saturated rings. The maximum atomic E-state index is 5.59. The molecule has 108 valence electrons. The van der Waals surface area contributed by atoms with E-state index in [0.717, 1.165) is 37.6 Å². The van der Waals surface area contributed by atoms with E-state index in [1.165, 1.54) is 0 Å². The van der Waals surface area contributed by atoms with E-state index in [4.69, 9.17) is 17.0 Å². The summed E-state index contributed by atoms with van der Waals surface area (Å²) < 4.78 is 8.23. The van der Waals surface area contributed by atoms with Crippen LogP contribution in [0.2, 0.25) is 0 Å². The van der Waals surface area contributed by atoms with Gasteiger partial charge in [0.25, 0.3) is 0 Å². The van der Waals surface area contributed by atoms with Crippen LogP contribution in [0.4, 0.5) is 0 Å². The molecule has 0 radical (unpaired) electrons. The van der Waals surface area contributed by atoms with Crippen LogP contribution in [0.25, 0.3) is 11.4 Å². The number of aromatic amines is 1. The van der Waals surface area contributed by atoms with E-state index >= 15 is 0 Å². The van der Waals surface area contributed by atoms with E-state index in [-0.39, 0.29) is 0 Å². The molecule has 0 spiro atoms. The number of H-pyrrole nitrogens is 1. The van der Waals surface area contributed by atoms with Crippen LogP contribution in [0.5, 0.6) is 0 Å². The van der Waals surface area contributed by atoms with Gasteiger partial charge in [-0.05, 0) is 36.7 Å². The standard InChI is InChI=1S/C14H20N4OS/c1-11(2)10-19-9-3-8-18-13(16-17-14(18)20)12-4-6-15-7-5-12/h4-7,11H,3,8-10H2,1-2H3,(H,17,20). The van der Waals surface area contributed by atoms with Crippen molar-refractivity contribution in [1.82, 2.24) is 19.7 Å². The van der Waals surface area contributed by atoms with Crippen molar-refractivity contribution in [2.75, 3.05) is 13.2 Å². The fourth-order valence-electron chi connectivity index (χ4n) is 1.89. The minimum absolute atomic E-state index is 0.568. The lowest BCUT2D eigenvalue weighted by Gasteiger charge is -2.08. The van der Waals surface area contributed by atoms with Gasteiger partial charge in [-0.15, -0.1) is 0 Å². The molecule has 0 saturated heterocycles. The molecule has 2 heterocycles. The summed E-state index contributed by atoms with van der Waals surface area (Å²) in [5, 5.41) is 7.14. The van der Waals surface area contributed by atoms with Crippen LogP contribution < -0.4 is 0 Å². The molecule has 0 saturated carbocycles. The Morgan fingerprint density at radius 1 is 1.35 bits per heavy atom. The number of hydrogen-bond acceptors (Lipinski definition) is 4. The first-order chi connectivity index (χ1) is 9.68. The molecule has 0 aliphatic rings. The zero-order valence-electron chi connectivity index (χ0n) is 11.9. The van der Waals surface area contributed by atoms with E-state index in [1.807, 2.05) is 16.7 Å². The number of nitrogens with one attached hydrogen (secondary N) is 1. The number of pyridine rings is 1. The van der Waals surface area contributed by atoms with Crippen molar-refractivity contribution in [3.05, 3.63) is 29.3 Å². The van der Waals surface area contributed by atoms with Gasteiger partial charge in [0.15, 0.2) is 10.6 Å². The second kappa shape index (κ2) is 7.31. The highest BCUT2D eigenvalue weighted by atomic mass is 32.1. The van der Waals surface area contributed by atoms with E-state index in [0.29, 0.717) is 10.7 Å². The molecular formula is C14H20N4OS. The van der Waals surface area contributed by atoms with Gasteiger partial charge in [0.1, 0.15) is 0 Å². The third-order valence-corrected chi connectivity index (χ3v) is 3.13. The molecule has 0 aliphatic heterocycles. The van der Waals surface area contributed by atoms with Crippen molar-refractivity contribution in [2.45, 2.75) is 26.8 Å². The molecule has 6 heteroatoms. The van der Waals surface area contributed by atoms with Crippen molar-refractivity contribution >= 4 is 12.2 Å². The Balaban J connectivity index is 1.98. The second-order valence-electron chi connectivity index (χ2n) is 5.06. The summed E-state index contributed by atoms with van der Waals surface area (Å²) in [6, 6.07) is 3.85. The largest absolute Gasteiger partial charge is 0.381 e. The summed E-state index contributed by atoms with van der Waals surface area (Å²) in [6.07, 6.45) is 4.42. The van der Waals surface area contributed by atoms with Gasteiger partial charge in [-0.25, -0.2) is 0 Å². The third kappa shape index (κ3) is 3.98. The molecule has 0 aromatic carbocycles. The zero-order valence-corrected chi connectivity index (χ0v) is 12.7. The van der Waals surface area contributed by atoms with Gasteiger partial charge in [0.05, 0.1) is 0 Å². The first-order valence-electron chi connectivity index (χ1n) is 6.82. The van der Waals surface area contributed by atoms with Crippen LogP contribution in [-0.2, 0) is 11.3 Å². The molecule has 5 nitrogen and oxygen atoms in total. The smallest absolute Gasteiger partial charge is 0.195 e. The summed E-state index contributed by atoms with van der Waals surface area (Å²) in [7, 11) is 0.